The van der Waals surface area contributed by atoms with Crippen molar-refractivity contribution in [1.82, 2.24) is 20.1 Å². The van der Waals surface area contributed by atoms with Crippen LogP contribution in [0.1, 0.15) is 12.6 Å². The van der Waals surface area contributed by atoms with Crippen LogP contribution in [0.2, 0.25) is 10.2 Å². The van der Waals surface area contributed by atoms with Crippen molar-refractivity contribution < 1.29 is 4.74 Å². The van der Waals surface area contributed by atoms with Gasteiger partial charge in [-0.1, -0.05) is 23.2 Å². The molecule has 0 bridgehead atoms. The predicted molar refractivity (Wildman–Crippen MR) is 111 cm³/mol. The maximum absolute atomic E-state index is 6.08. The first-order valence-electron chi connectivity index (χ1n) is 7.93. The topological polar surface area (TPSA) is 53.8 Å². The van der Waals surface area contributed by atoms with E-state index in [4.69, 9.17) is 27.9 Å². The molecule has 2 rings (SSSR count). The Labute approximate surface area is 170 Å². The summed E-state index contributed by atoms with van der Waals surface area (Å²) in [6, 6.07) is 1.85. The lowest BCUT2D eigenvalue weighted by Gasteiger charge is -2.26. The molecule has 9 heteroatoms. The molecule has 1 aromatic rings. The molecule has 0 atom stereocenters. The van der Waals surface area contributed by atoms with E-state index in [1.807, 2.05) is 17.7 Å². The fourth-order valence-corrected chi connectivity index (χ4v) is 2.82. The average molecular weight is 490 g/mol. The number of nitrogens with one attached hydrogen (secondary N) is 2. The van der Waals surface area contributed by atoms with Gasteiger partial charge >= 0.3 is 0 Å². The first-order chi connectivity index (χ1) is 11.1. The highest BCUT2D eigenvalue weighted by Crippen LogP contribution is 2.25. The van der Waals surface area contributed by atoms with E-state index in [1.165, 1.54) is 0 Å². The second kappa shape index (κ2) is 11.4. The Morgan fingerprint density at radius 2 is 2.00 bits per heavy atom. The zero-order valence-corrected chi connectivity index (χ0v) is 18.0. The van der Waals surface area contributed by atoms with Gasteiger partial charge in [-0.3, -0.25) is 4.90 Å². The SMILES string of the molecule is CCNC(=NCc1cc(Cl)c(Cl)n1C)NCCN1CCOCC1.I. The quantitative estimate of drug-likeness (QED) is 0.366. The lowest BCUT2D eigenvalue weighted by molar-refractivity contribution is 0.0389. The summed E-state index contributed by atoms with van der Waals surface area (Å²) >= 11 is 12.1. The summed E-state index contributed by atoms with van der Waals surface area (Å²) in [7, 11) is 1.89. The van der Waals surface area contributed by atoms with Crippen LogP contribution in [0.4, 0.5) is 0 Å². The molecule has 2 N–H and O–H groups in total. The van der Waals surface area contributed by atoms with Gasteiger partial charge in [0.15, 0.2) is 5.96 Å². The monoisotopic (exact) mass is 489 g/mol. The van der Waals surface area contributed by atoms with Crippen molar-refractivity contribution in [2.75, 3.05) is 45.9 Å². The highest BCUT2D eigenvalue weighted by atomic mass is 127. The number of guanidine groups is 1. The number of hydrogen-bond acceptors (Lipinski definition) is 3. The Kier molecular flexibility index (Phi) is 10.4. The van der Waals surface area contributed by atoms with Crippen molar-refractivity contribution in [3.63, 3.8) is 0 Å². The van der Waals surface area contributed by atoms with Crippen LogP contribution in [0.15, 0.2) is 11.1 Å². The van der Waals surface area contributed by atoms with E-state index >= 15 is 0 Å². The summed E-state index contributed by atoms with van der Waals surface area (Å²) in [5.41, 5.74) is 0.977. The summed E-state index contributed by atoms with van der Waals surface area (Å²) < 4.78 is 7.21. The van der Waals surface area contributed by atoms with Gasteiger partial charge in [-0.15, -0.1) is 24.0 Å². The van der Waals surface area contributed by atoms with Crippen LogP contribution in [-0.4, -0.2) is 61.4 Å². The third kappa shape index (κ3) is 6.59. The van der Waals surface area contributed by atoms with E-state index in [9.17, 15) is 0 Å². The molecular weight excluding hydrogens is 464 g/mol. The standard InChI is InChI=1S/C15H25Cl2N5O.HI/c1-3-18-15(19-4-5-22-6-8-23-9-7-22)20-11-12-10-13(16)14(17)21(12)2;/h10H,3-9,11H2,1-2H3,(H2,18,19,20);1H. The number of morpholine rings is 1. The van der Waals surface area contributed by atoms with Crippen molar-refractivity contribution in [1.29, 1.82) is 0 Å². The molecule has 0 radical (unpaired) electrons. The van der Waals surface area contributed by atoms with Gasteiger partial charge in [-0.25, -0.2) is 4.99 Å². The predicted octanol–water partition coefficient (Wildman–Crippen LogP) is 2.34. The van der Waals surface area contributed by atoms with E-state index in [0.29, 0.717) is 16.7 Å². The Morgan fingerprint density at radius 3 is 2.58 bits per heavy atom. The summed E-state index contributed by atoms with van der Waals surface area (Å²) in [6.45, 7) is 8.86. The second-order valence-corrected chi connectivity index (χ2v) is 6.17. The zero-order chi connectivity index (χ0) is 16.7. The second-order valence-electron chi connectivity index (χ2n) is 5.41. The van der Waals surface area contributed by atoms with Crippen molar-refractivity contribution >= 4 is 53.1 Å². The summed E-state index contributed by atoms with van der Waals surface area (Å²) in [4.78, 5) is 6.98. The van der Waals surface area contributed by atoms with Crippen LogP contribution in [-0.2, 0) is 18.3 Å². The molecule has 1 fully saturated rings. The number of nitrogens with zero attached hydrogens (tertiary/aromatic N) is 3. The molecule has 1 aromatic heterocycles. The van der Waals surface area contributed by atoms with Crippen LogP contribution in [0, 0.1) is 0 Å². The lowest BCUT2D eigenvalue weighted by Crippen LogP contribution is -2.44. The molecule has 0 aliphatic carbocycles. The van der Waals surface area contributed by atoms with Gasteiger partial charge in [-0.2, -0.15) is 0 Å². The minimum Gasteiger partial charge on any atom is -0.379 e. The fourth-order valence-electron chi connectivity index (χ4n) is 2.40. The maximum Gasteiger partial charge on any atom is 0.191 e. The normalized spacial score (nSPS) is 15.9. The van der Waals surface area contributed by atoms with Crippen molar-refractivity contribution in [2.24, 2.45) is 12.0 Å². The van der Waals surface area contributed by atoms with Crippen molar-refractivity contribution in [2.45, 2.75) is 13.5 Å². The molecule has 0 spiro atoms. The van der Waals surface area contributed by atoms with Crippen molar-refractivity contribution in [3.8, 4) is 0 Å². The number of hydrogen-bond donors (Lipinski definition) is 2. The molecule has 1 aliphatic heterocycles. The first-order valence-corrected chi connectivity index (χ1v) is 8.69. The Balaban J connectivity index is 0.00000288. The molecule has 0 unspecified atom stereocenters. The zero-order valence-electron chi connectivity index (χ0n) is 14.1. The average Bonchev–Trinajstić information content (AvgIpc) is 2.81. The van der Waals surface area contributed by atoms with Crippen LogP contribution in [0.5, 0.6) is 0 Å². The fraction of sp³-hybridized carbons (Fsp3) is 0.667. The van der Waals surface area contributed by atoms with Gasteiger partial charge in [0.1, 0.15) is 5.15 Å². The van der Waals surface area contributed by atoms with Gasteiger partial charge in [0.25, 0.3) is 0 Å². The number of halogens is 3. The minimum absolute atomic E-state index is 0. The molecule has 138 valence electrons. The van der Waals surface area contributed by atoms with Gasteiger partial charge in [-0.05, 0) is 13.0 Å². The summed E-state index contributed by atoms with van der Waals surface area (Å²) in [6.07, 6.45) is 0. The van der Waals surface area contributed by atoms with E-state index in [2.05, 4.69) is 27.4 Å². The van der Waals surface area contributed by atoms with Gasteiger partial charge < -0.3 is 19.9 Å². The molecule has 1 aliphatic rings. The van der Waals surface area contributed by atoms with Gasteiger partial charge in [0.2, 0.25) is 0 Å². The summed E-state index contributed by atoms with van der Waals surface area (Å²) in [5, 5.41) is 7.72. The Hall–Kier alpha value is -0.220. The van der Waals surface area contributed by atoms with Gasteiger partial charge in [0, 0.05) is 45.5 Å². The van der Waals surface area contributed by atoms with E-state index in [0.717, 1.165) is 57.6 Å². The minimum atomic E-state index is 0. The first kappa shape index (κ1) is 21.8. The Bertz CT molecular complexity index is 532. The van der Waals surface area contributed by atoms with E-state index in [-0.39, 0.29) is 24.0 Å². The van der Waals surface area contributed by atoms with Crippen LogP contribution >= 0.6 is 47.2 Å². The molecule has 1 saturated heterocycles. The van der Waals surface area contributed by atoms with Crippen LogP contribution < -0.4 is 10.6 Å². The third-order valence-electron chi connectivity index (χ3n) is 3.78. The number of aliphatic imine (C=N–C) groups is 1. The van der Waals surface area contributed by atoms with E-state index in [1.54, 1.807) is 0 Å². The summed E-state index contributed by atoms with van der Waals surface area (Å²) in [5.74, 6) is 0.800. The smallest absolute Gasteiger partial charge is 0.191 e. The maximum atomic E-state index is 6.08. The number of ether oxygens (including phenoxy) is 1. The molecule has 0 amide bonds. The molecule has 6 nitrogen and oxygen atoms in total. The largest absolute Gasteiger partial charge is 0.379 e. The molecule has 2 heterocycles. The van der Waals surface area contributed by atoms with E-state index < -0.39 is 0 Å². The number of rotatable bonds is 6. The van der Waals surface area contributed by atoms with Gasteiger partial charge in [0.05, 0.1) is 24.8 Å². The van der Waals surface area contributed by atoms with Crippen LogP contribution in [0.3, 0.4) is 0 Å². The van der Waals surface area contributed by atoms with Crippen LogP contribution in [0.25, 0.3) is 0 Å². The third-order valence-corrected chi connectivity index (χ3v) is 4.63. The highest BCUT2D eigenvalue weighted by molar-refractivity contribution is 14.0. The highest BCUT2D eigenvalue weighted by Gasteiger charge is 2.10. The molecule has 0 saturated carbocycles. The van der Waals surface area contributed by atoms with Crippen molar-refractivity contribution in [3.05, 3.63) is 21.9 Å². The molecular formula is C15H26Cl2IN5O. The lowest BCUT2D eigenvalue weighted by atomic mass is 10.4. The number of aromatic nitrogens is 1. The molecule has 24 heavy (non-hydrogen) atoms. The molecule has 0 aromatic carbocycles. The Morgan fingerprint density at radius 1 is 1.29 bits per heavy atom.